The minimum atomic E-state index is -2.21. The second-order valence-electron chi connectivity index (χ2n) is 6.04. The van der Waals surface area contributed by atoms with Crippen LogP contribution in [0.2, 0.25) is 0 Å². The fourth-order valence-electron chi connectivity index (χ4n) is 2.22. The fourth-order valence-corrected chi connectivity index (χ4v) is 2.22. The molecule has 0 radical (unpaired) electrons. The van der Waals surface area contributed by atoms with Crippen molar-refractivity contribution in [3.05, 3.63) is 70.8 Å². The first kappa shape index (κ1) is 19.1. The molecule has 2 rings (SSSR count). The average molecular weight is 387 g/mol. The Morgan fingerprint density at radius 3 is 1.43 bits per heavy atom. The molecule has 8 heteroatoms. The summed E-state index contributed by atoms with van der Waals surface area (Å²) in [6.07, 6.45) is -4.38. The first-order valence-electron chi connectivity index (χ1n) is 8.59. The molecule has 8 nitrogen and oxygen atoms in total. The van der Waals surface area contributed by atoms with Crippen LogP contribution in [0.4, 0.5) is 0 Å². The number of carbonyl (C=O) groups is 4. The number of carboxylic acids is 2. The van der Waals surface area contributed by atoms with Crippen LogP contribution in [-0.4, -0.2) is 46.3 Å². The van der Waals surface area contributed by atoms with Crippen LogP contribution in [0.3, 0.4) is 0 Å². The molecule has 0 amide bonds. The van der Waals surface area contributed by atoms with Gasteiger partial charge in [-0.2, -0.15) is 0 Å². The lowest BCUT2D eigenvalue weighted by Gasteiger charge is -2.21. The summed E-state index contributed by atoms with van der Waals surface area (Å²) in [6.45, 7) is 3.58. The smallest absolute Gasteiger partial charge is 0.349 e. The molecule has 0 aromatic heterocycles. The van der Waals surface area contributed by atoms with Crippen molar-refractivity contribution < 1.29 is 38.9 Å². The molecule has 2 N–H and O–H groups in total. The third-order valence-electron chi connectivity index (χ3n) is 3.79. The van der Waals surface area contributed by atoms with Crippen LogP contribution in [0.25, 0.3) is 1.43 Å². The van der Waals surface area contributed by atoms with Crippen molar-refractivity contribution in [2.45, 2.75) is 26.1 Å². The first-order chi connectivity index (χ1) is 13.7. The van der Waals surface area contributed by atoms with E-state index in [9.17, 15) is 24.3 Å². The number of hydrogen-bond donors (Lipinski definition) is 2. The summed E-state index contributed by atoms with van der Waals surface area (Å²) in [5, 5.41) is 13.2. The Hall–Kier alpha value is -3.68. The number of hydrogen-bond acceptors (Lipinski definition) is 7. The summed E-state index contributed by atoms with van der Waals surface area (Å²) >= 11 is 0. The minimum Gasteiger partial charge on any atom is -0.478 e. The zero-order valence-electron chi connectivity index (χ0n) is 16.1. The predicted molar refractivity (Wildman–Crippen MR) is 96.0 cm³/mol. The maximum absolute atomic E-state index is 12.3. The SMILES string of the molecule is [2H]OC(=O)[C@H](OC(=O)c1ccc(C)cc1)[C@@H](OC(=O)c1ccc(C)cc1)C(=O)O. The molecule has 0 saturated carbocycles. The lowest BCUT2D eigenvalue weighted by Crippen LogP contribution is -2.45. The predicted octanol–water partition coefficient (Wildman–Crippen LogP) is 2.22. The van der Waals surface area contributed by atoms with Crippen LogP contribution < -0.4 is 0 Å². The third-order valence-corrected chi connectivity index (χ3v) is 3.79. The molecule has 146 valence electrons. The van der Waals surface area contributed by atoms with Gasteiger partial charge in [-0.3, -0.25) is 0 Å². The second kappa shape index (κ2) is 8.81. The molecule has 0 bridgehead atoms. The Kier molecular flexibility index (Phi) is 6.01. The maximum atomic E-state index is 12.3. The summed E-state index contributed by atoms with van der Waals surface area (Å²) in [4.78, 5) is 48.0. The van der Waals surface area contributed by atoms with E-state index in [0.29, 0.717) is 0 Å². The van der Waals surface area contributed by atoms with Crippen molar-refractivity contribution >= 4 is 23.9 Å². The normalized spacial score (nSPS) is 12.9. The lowest BCUT2D eigenvalue weighted by atomic mass is 10.1. The Balaban J connectivity index is 2.25. The summed E-state index contributed by atoms with van der Waals surface area (Å²) in [6, 6.07) is 12.1. The van der Waals surface area contributed by atoms with Gasteiger partial charge in [-0.25, -0.2) is 19.2 Å². The second-order valence-corrected chi connectivity index (χ2v) is 6.04. The van der Waals surface area contributed by atoms with Gasteiger partial charge in [0.2, 0.25) is 12.2 Å². The molecule has 0 saturated heterocycles. The minimum absolute atomic E-state index is 0.0321. The van der Waals surface area contributed by atoms with Gasteiger partial charge >= 0.3 is 23.9 Å². The summed E-state index contributed by atoms with van der Waals surface area (Å²) in [5.41, 5.74) is 1.79. The summed E-state index contributed by atoms with van der Waals surface area (Å²) < 4.78 is 16.5. The largest absolute Gasteiger partial charge is 0.478 e. The molecular formula is C20H18O8. The van der Waals surface area contributed by atoms with Crippen LogP contribution in [0.5, 0.6) is 0 Å². The summed E-state index contributed by atoms with van der Waals surface area (Å²) in [5.74, 6) is -5.35. The number of carbonyl (C=O) groups excluding carboxylic acids is 2. The Morgan fingerprint density at radius 1 is 0.750 bits per heavy atom. The van der Waals surface area contributed by atoms with Crippen molar-refractivity contribution in [3.63, 3.8) is 0 Å². The quantitative estimate of drug-likeness (QED) is 0.693. The molecule has 0 heterocycles. The Labute approximate surface area is 161 Å². The molecule has 0 aliphatic rings. The standard InChI is InChI=1S/C20H18O8/c1-11-3-7-13(8-4-11)19(25)27-15(17(21)22)16(18(23)24)28-20(26)14-9-5-12(2)6-10-14/h3-10,15-16H,1-2H3,(H,21,22)(H,23,24)/t15-,16-/m1/s1/i/hD. The molecule has 0 spiro atoms. The van der Waals surface area contributed by atoms with Crippen LogP contribution in [0.1, 0.15) is 31.8 Å². The van der Waals surface area contributed by atoms with Crippen LogP contribution in [0, 0.1) is 13.8 Å². The number of aryl methyl sites for hydroxylation is 2. The first-order valence-corrected chi connectivity index (χ1v) is 8.18. The van der Waals surface area contributed by atoms with Gasteiger partial charge < -0.3 is 19.7 Å². The molecule has 2 aromatic carbocycles. The zero-order valence-corrected chi connectivity index (χ0v) is 15.1. The number of ether oxygens (including phenoxy) is 2. The molecule has 0 aliphatic carbocycles. The molecule has 2 aromatic rings. The number of rotatable bonds is 7. The van der Waals surface area contributed by atoms with Gasteiger partial charge in [0, 0.05) is 0 Å². The van der Waals surface area contributed by atoms with Crippen molar-refractivity contribution in [1.29, 1.82) is 1.43 Å². The lowest BCUT2D eigenvalue weighted by molar-refractivity contribution is -0.166. The van der Waals surface area contributed by atoms with Crippen LogP contribution in [0.15, 0.2) is 48.5 Å². The highest BCUT2D eigenvalue weighted by Gasteiger charge is 2.41. The van der Waals surface area contributed by atoms with Gasteiger partial charge in [0.1, 0.15) is 0 Å². The van der Waals surface area contributed by atoms with E-state index >= 15 is 0 Å². The Morgan fingerprint density at radius 2 is 1.11 bits per heavy atom. The fraction of sp³-hybridized carbons (Fsp3) is 0.200. The summed E-state index contributed by atoms with van der Waals surface area (Å²) in [7, 11) is 0. The van der Waals surface area contributed by atoms with Gasteiger partial charge in [0.25, 0.3) is 1.43 Å². The van der Waals surface area contributed by atoms with Gasteiger partial charge in [-0.1, -0.05) is 35.4 Å². The van der Waals surface area contributed by atoms with Gasteiger partial charge in [0.15, 0.2) is 0 Å². The van der Waals surface area contributed by atoms with Crippen molar-refractivity contribution in [2.24, 2.45) is 0 Å². The van der Waals surface area contributed by atoms with E-state index in [1.54, 1.807) is 38.1 Å². The highest BCUT2D eigenvalue weighted by atomic mass is 16.6. The van der Waals surface area contributed by atoms with Gasteiger partial charge in [-0.05, 0) is 38.1 Å². The molecule has 2 atom stereocenters. The van der Waals surface area contributed by atoms with E-state index < -0.39 is 36.1 Å². The van der Waals surface area contributed by atoms with Crippen LogP contribution >= 0.6 is 0 Å². The molecule has 0 unspecified atom stereocenters. The number of benzene rings is 2. The number of aliphatic carboxylic acids is 2. The van der Waals surface area contributed by atoms with E-state index in [-0.39, 0.29) is 11.1 Å². The Bertz CT molecular complexity index is 905. The topological polar surface area (TPSA) is 127 Å². The highest BCUT2D eigenvalue weighted by Crippen LogP contribution is 2.14. The van der Waals surface area contributed by atoms with Crippen molar-refractivity contribution in [2.75, 3.05) is 0 Å². The van der Waals surface area contributed by atoms with E-state index in [4.69, 9.17) is 10.9 Å². The highest BCUT2D eigenvalue weighted by molar-refractivity contribution is 5.95. The monoisotopic (exact) mass is 387 g/mol. The van der Waals surface area contributed by atoms with Gasteiger partial charge in [-0.15, -0.1) is 0 Å². The zero-order chi connectivity index (χ0) is 21.6. The van der Waals surface area contributed by atoms with E-state index in [0.717, 1.165) is 11.1 Å². The van der Waals surface area contributed by atoms with Crippen molar-refractivity contribution in [1.82, 2.24) is 0 Å². The van der Waals surface area contributed by atoms with Gasteiger partial charge in [0.05, 0.1) is 11.1 Å². The molecule has 0 fully saturated rings. The maximum Gasteiger partial charge on any atom is 0.349 e. The van der Waals surface area contributed by atoms with Crippen molar-refractivity contribution in [3.8, 4) is 0 Å². The third kappa shape index (κ3) is 5.16. The van der Waals surface area contributed by atoms with E-state index in [1.807, 2.05) is 0 Å². The van der Waals surface area contributed by atoms with E-state index in [2.05, 4.69) is 5.11 Å². The number of esters is 2. The molecule has 28 heavy (non-hydrogen) atoms. The molecular weight excluding hydrogens is 368 g/mol. The van der Waals surface area contributed by atoms with E-state index in [1.165, 1.54) is 24.3 Å². The van der Waals surface area contributed by atoms with Crippen LogP contribution in [-0.2, 0) is 19.1 Å². The average Bonchev–Trinajstić information content (AvgIpc) is 2.70. The number of carboxylic acid groups (broad SMARTS) is 2. The molecule has 0 aliphatic heterocycles.